The molecule has 10 nitrogen and oxygen atoms in total. The SMILES string of the molecule is Cn1ccc2c(=O)n(CC3(O)CCN(C(=O)[C@@H]4CCN(C(=O)c5ccc(-c6ccncc6F)s5)C[C@H]4c4ccccc4)CC3)cnc21. The van der Waals surface area contributed by atoms with Gasteiger partial charge in [0.15, 0.2) is 0 Å². The number of aryl methyl sites for hydroxylation is 1. The number of aliphatic hydroxyl groups is 1. The molecule has 0 spiro atoms. The maximum atomic E-state index is 14.3. The fourth-order valence-electron chi connectivity index (χ4n) is 6.94. The van der Waals surface area contributed by atoms with Gasteiger partial charge >= 0.3 is 0 Å². The lowest BCUT2D eigenvalue weighted by Gasteiger charge is -2.43. The van der Waals surface area contributed by atoms with Gasteiger partial charge < -0.3 is 19.5 Å². The van der Waals surface area contributed by atoms with Crippen molar-refractivity contribution in [2.45, 2.75) is 37.3 Å². The second kappa shape index (κ2) is 12.5. The van der Waals surface area contributed by atoms with E-state index in [4.69, 9.17) is 0 Å². The van der Waals surface area contributed by atoms with Gasteiger partial charge in [0.1, 0.15) is 17.8 Å². The van der Waals surface area contributed by atoms with E-state index in [2.05, 4.69) is 9.97 Å². The van der Waals surface area contributed by atoms with Gasteiger partial charge in [-0.25, -0.2) is 9.37 Å². The van der Waals surface area contributed by atoms with E-state index in [1.54, 1.807) is 39.9 Å². The number of aromatic nitrogens is 4. The molecule has 2 aliphatic heterocycles. The smallest absolute Gasteiger partial charge is 0.263 e. The van der Waals surface area contributed by atoms with Crippen molar-refractivity contribution in [1.82, 2.24) is 28.9 Å². The van der Waals surface area contributed by atoms with Crippen molar-refractivity contribution < 1.29 is 19.1 Å². The highest BCUT2D eigenvalue weighted by Gasteiger charge is 2.42. The van der Waals surface area contributed by atoms with E-state index in [1.807, 2.05) is 42.3 Å². The second-order valence-corrected chi connectivity index (χ2v) is 13.7. The number of carbonyl (C=O) groups excluding carboxylic acids is 2. The number of hydrogen-bond donors (Lipinski definition) is 1. The molecule has 6 heterocycles. The minimum atomic E-state index is -1.14. The molecular weight excluding hydrogens is 619 g/mol. The lowest BCUT2D eigenvalue weighted by atomic mass is 9.79. The lowest BCUT2D eigenvalue weighted by molar-refractivity contribution is -0.142. The Balaban J connectivity index is 1.04. The molecular formula is C35H35FN6O4S. The number of hydrogen-bond acceptors (Lipinski definition) is 7. The summed E-state index contributed by atoms with van der Waals surface area (Å²) in [6.45, 7) is 1.65. The highest BCUT2D eigenvalue weighted by atomic mass is 32.1. The summed E-state index contributed by atoms with van der Waals surface area (Å²) in [5.41, 5.74) is 0.659. The molecule has 2 aliphatic rings. The van der Waals surface area contributed by atoms with Gasteiger partial charge in [-0.15, -0.1) is 11.3 Å². The summed E-state index contributed by atoms with van der Waals surface area (Å²) in [7, 11) is 1.83. The van der Waals surface area contributed by atoms with E-state index < -0.39 is 11.4 Å². The fraction of sp³-hybridized carbons (Fsp3) is 0.343. The zero-order chi connectivity index (χ0) is 32.7. The first-order valence-electron chi connectivity index (χ1n) is 15.8. The normalized spacial score (nSPS) is 19.6. The van der Waals surface area contributed by atoms with E-state index in [9.17, 15) is 23.9 Å². The quantitative estimate of drug-likeness (QED) is 0.292. The molecule has 242 valence electrons. The number of carbonyl (C=O) groups is 2. The standard InChI is InChI=1S/C35H35FN6O4S/c1-39-15-10-26-31(39)38-22-42(33(26)44)21-35(46)12-17-40(18-13-35)32(43)24-11-16-41(20-27(24)23-5-3-2-4-6-23)34(45)30-8-7-29(47-30)25-9-14-37-19-28(25)36/h2-10,14-15,19,22,24,27,46H,11-13,16-18,20-21H2,1H3/t24-,27+/m1/s1. The number of amides is 2. The maximum absolute atomic E-state index is 14.3. The van der Waals surface area contributed by atoms with E-state index >= 15 is 0 Å². The number of benzene rings is 1. The first kappa shape index (κ1) is 30.9. The van der Waals surface area contributed by atoms with Crippen LogP contribution in [-0.2, 0) is 18.4 Å². The molecule has 2 amide bonds. The van der Waals surface area contributed by atoms with E-state index in [1.165, 1.54) is 28.4 Å². The lowest BCUT2D eigenvalue weighted by Crippen LogP contribution is -2.53. The molecule has 0 bridgehead atoms. The number of halogens is 1. The van der Waals surface area contributed by atoms with E-state index in [0.29, 0.717) is 71.8 Å². The predicted octanol–water partition coefficient (Wildman–Crippen LogP) is 4.30. The molecule has 47 heavy (non-hydrogen) atoms. The molecule has 2 saturated heterocycles. The largest absolute Gasteiger partial charge is 0.388 e. The van der Waals surface area contributed by atoms with Crippen molar-refractivity contribution in [1.29, 1.82) is 0 Å². The first-order valence-corrected chi connectivity index (χ1v) is 16.6. The van der Waals surface area contributed by atoms with Crippen LogP contribution < -0.4 is 5.56 Å². The minimum Gasteiger partial charge on any atom is -0.388 e. The van der Waals surface area contributed by atoms with Crippen LogP contribution in [0.15, 0.2) is 84.3 Å². The van der Waals surface area contributed by atoms with Crippen molar-refractivity contribution in [3.05, 3.63) is 106 Å². The molecule has 0 radical (unpaired) electrons. The third kappa shape index (κ3) is 5.98. The van der Waals surface area contributed by atoms with Crippen molar-refractivity contribution >= 4 is 34.2 Å². The van der Waals surface area contributed by atoms with Gasteiger partial charge in [-0.3, -0.25) is 23.9 Å². The Labute approximate surface area is 274 Å². The van der Waals surface area contributed by atoms with E-state index in [0.717, 1.165) is 11.8 Å². The number of rotatable bonds is 6. The third-order valence-corrected chi connectivity index (χ3v) is 10.7. The molecule has 5 aromatic rings. The number of piperidine rings is 2. The molecule has 4 aromatic heterocycles. The highest BCUT2D eigenvalue weighted by molar-refractivity contribution is 7.17. The number of pyridine rings is 1. The van der Waals surface area contributed by atoms with Crippen LogP contribution in [0, 0.1) is 11.7 Å². The Morgan fingerprint density at radius 3 is 2.60 bits per heavy atom. The molecule has 2 atom stereocenters. The van der Waals surface area contributed by atoms with Gasteiger partial charge in [0.25, 0.3) is 11.5 Å². The molecule has 0 aliphatic carbocycles. The van der Waals surface area contributed by atoms with Crippen LogP contribution in [-0.4, -0.2) is 77.6 Å². The van der Waals surface area contributed by atoms with Gasteiger partial charge in [0.2, 0.25) is 5.91 Å². The summed E-state index contributed by atoms with van der Waals surface area (Å²) >= 11 is 1.25. The minimum absolute atomic E-state index is 0.0177. The van der Waals surface area contributed by atoms with Gasteiger partial charge in [0, 0.05) is 67.9 Å². The zero-order valence-electron chi connectivity index (χ0n) is 26.0. The topological polar surface area (TPSA) is 114 Å². The monoisotopic (exact) mass is 654 g/mol. The Bertz CT molecular complexity index is 2000. The van der Waals surface area contributed by atoms with Crippen LogP contribution in [0.1, 0.15) is 40.4 Å². The van der Waals surface area contributed by atoms with Crippen molar-refractivity contribution in [3.63, 3.8) is 0 Å². The van der Waals surface area contributed by atoms with Crippen molar-refractivity contribution in [2.75, 3.05) is 26.2 Å². The number of likely N-dealkylation sites (tertiary alicyclic amines) is 2. The maximum Gasteiger partial charge on any atom is 0.263 e. The molecule has 12 heteroatoms. The molecule has 7 rings (SSSR count). The Morgan fingerprint density at radius 1 is 1.04 bits per heavy atom. The van der Waals surface area contributed by atoms with Gasteiger partial charge in [-0.05, 0) is 49.1 Å². The van der Waals surface area contributed by atoms with Crippen LogP contribution in [0.3, 0.4) is 0 Å². The third-order valence-electron chi connectivity index (χ3n) is 9.62. The summed E-state index contributed by atoms with van der Waals surface area (Å²) in [5, 5.41) is 12.0. The van der Waals surface area contributed by atoms with Crippen LogP contribution >= 0.6 is 11.3 Å². The summed E-state index contributed by atoms with van der Waals surface area (Å²) in [6, 6.07) is 16.6. The van der Waals surface area contributed by atoms with Crippen LogP contribution in [0.5, 0.6) is 0 Å². The average molecular weight is 655 g/mol. The van der Waals surface area contributed by atoms with Gasteiger partial charge in [0.05, 0.1) is 28.6 Å². The van der Waals surface area contributed by atoms with E-state index in [-0.39, 0.29) is 35.8 Å². The fourth-order valence-corrected chi connectivity index (χ4v) is 7.95. The van der Waals surface area contributed by atoms with Gasteiger partial charge in [-0.2, -0.15) is 0 Å². The Kier molecular flexibility index (Phi) is 8.23. The summed E-state index contributed by atoms with van der Waals surface area (Å²) in [4.78, 5) is 53.8. The molecule has 1 N–H and O–H groups in total. The van der Waals surface area contributed by atoms with Crippen molar-refractivity contribution in [2.24, 2.45) is 13.0 Å². The number of thiophene rings is 1. The second-order valence-electron chi connectivity index (χ2n) is 12.6. The number of nitrogens with zero attached hydrogens (tertiary/aromatic N) is 6. The molecule has 1 aromatic carbocycles. The van der Waals surface area contributed by atoms with Crippen LogP contribution in [0.2, 0.25) is 0 Å². The molecule has 0 unspecified atom stereocenters. The molecule has 2 fully saturated rings. The summed E-state index contributed by atoms with van der Waals surface area (Å²) < 4.78 is 17.6. The highest BCUT2D eigenvalue weighted by Crippen LogP contribution is 2.37. The van der Waals surface area contributed by atoms with Crippen LogP contribution in [0.4, 0.5) is 4.39 Å². The Hall–Kier alpha value is -4.68. The first-order chi connectivity index (χ1) is 22.7. The Morgan fingerprint density at radius 2 is 1.83 bits per heavy atom. The summed E-state index contributed by atoms with van der Waals surface area (Å²) in [6.07, 6.45) is 7.13. The zero-order valence-corrected chi connectivity index (χ0v) is 26.8. The van der Waals surface area contributed by atoms with Crippen molar-refractivity contribution in [3.8, 4) is 10.4 Å². The predicted molar refractivity (Wildman–Crippen MR) is 176 cm³/mol. The average Bonchev–Trinajstić information content (AvgIpc) is 3.73. The molecule has 0 saturated carbocycles. The summed E-state index contributed by atoms with van der Waals surface area (Å²) in [5.74, 6) is -1.09. The van der Waals surface area contributed by atoms with Gasteiger partial charge in [-0.1, -0.05) is 30.3 Å². The number of fused-ring (bicyclic) bond motifs is 1. The van der Waals surface area contributed by atoms with Crippen LogP contribution in [0.25, 0.3) is 21.5 Å².